The van der Waals surface area contributed by atoms with Crippen molar-refractivity contribution in [3.8, 4) is 0 Å². The van der Waals surface area contributed by atoms with E-state index >= 15 is 0 Å². The molecule has 124 valence electrons. The minimum atomic E-state index is -0.486. The molecule has 3 aromatic rings. The molecule has 0 aliphatic rings. The highest BCUT2D eigenvalue weighted by Crippen LogP contribution is 2.07. The van der Waals surface area contributed by atoms with Gasteiger partial charge in [-0.15, -0.1) is 5.10 Å². The Morgan fingerprint density at radius 3 is 2.54 bits per heavy atom. The lowest BCUT2D eigenvalue weighted by atomic mass is 10.1. The molecule has 2 aromatic heterocycles. The molecule has 0 unspecified atom stereocenters. The van der Waals surface area contributed by atoms with Gasteiger partial charge in [-0.25, -0.2) is 9.48 Å². The molecule has 0 spiro atoms. The topological polar surface area (TPSA) is 74.7 Å². The number of hydrogen-bond donors (Lipinski definition) is 0. The number of nitrogens with zero attached hydrogens (tertiary/aromatic N) is 5. The third kappa shape index (κ3) is 3.30. The molecule has 0 fully saturated rings. The van der Waals surface area contributed by atoms with Gasteiger partial charge in [0.05, 0.1) is 19.3 Å². The first-order chi connectivity index (χ1) is 11.4. The van der Waals surface area contributed by atoms with Gasteiger partial charge in [0.2, 0.25) is 0 Å². The first-order valence-electron chi connectivity index (χ1n) is 7.35. The van der Waals surface area contributed by atoms with Crippen LogP contribution in [0.25, 0.3) is 0 Å². The average molecular weight is 346 g/mol. The number of aromatic nitrogens is 5. The molecule has 7 nitrogen and oxygen atoms in total. The Morgan fingerprint density at radius 1 is 1.12 bits per heavy atom. The van der Waals surface area contributed by atoms with Crippen molar-refractivity contribution in [1.82, 2.24) is 24.1 Å². The van der Waals surface area contributed by atoms with E-state index in [-0.39, 0.29) is 11.7 Å². The van der Waals surface area contributed by atoms with E-state index in [0.717, 1.165) is 10.1 Å². The van der Waals surface area contributed by atoms with Crippen LogP contribution in [0, 0.1) is 6.92 Å². The molecule has 24 heavy (non-hydrogen) atoms. The molecule has 0 atom stereocenters. The first-order valence-corrected chi connectivity index (χ1v) is 7.73. The van der Waals surface area contributed by atoms with E-state index in [2.05, 4.69) is 10.3 Å². The minimum absolute atomic E-state index is 0.0798. The van der Waals surface area contributed by atoms with Crippen LogP contribution >= 0.6 is 11.6 Å². The molecule has 0 saturated carbocycles. The molecule has 0 saturated heterocycles. The van der Waals surface area contributed by atoms with E-state index in [4.69, 9.17) is 11.6 Å². The van der Waals surface area contributed by atoms with Crippen molar-refractivity contribution < 1.29 is 0 Å². The highest BCUT2D eigenvalue weighted by atomic mass is 35.5. The summed E-state index contributed by atoms with van der Waals surface area (Å²) >= 11 is 6.00. The molecule has 1 aromatic carbocycles. The lowest BCUT2D eigenvalue weighted by Crippen LogP contribution is -2.38. The van der Waals surface area contributed by atoms with Crippen LogP contribution < -0.4 is 11.2 Å². The van der Waals surface area contributed by atoms with Crippen LogP contribution in [-0.2, 0) is 20.1 Å². The number of rotatable bonds is 4. The number of halogens is 1. The van der Waals surface area contributed by atoms with Gasteiger partial charge in [0.25, 0.3) is 5.56 Å². The molecule has 8 heteroatoms. The van der Waals surface area contributed by atoms with Gasteiger partial charge >= 0.3 is 5.69 Å². The molecule has 0 bridgehead atoms. The van der Waals surface area contributed by atoms with E-state index in [1.54, 1.807) is 10.9 Å². The van der Waals surface area contributed by atoms with E-state index in [0.29, 0.717) is 12.2 Å². The van der Waals surface area contributed by atoms with Crippen molar-refractivity contribution in [2.24, 2.45) is 7.05 Å². The van der Waals surface area contributed by atoms with E-state index in [1.807, 2.05) is 31.2 Å². The summed E-state index contributed by atoms with van der Waals surface area (Å²) in [7, 11) is 1.41. The van der Waals surface area contributed by atoms with Crippen LogP contribution in [0.2, 0.25) is 5.15 Å². The van der Waals surface area contributed by atoms with Crippen molar-refractivity contribution in [2.45, 2.75) is 20.0 Å². The van der Waals surface area contributed by atoms with Crippen LogP contribution in [0.5, 0.6) is 0 Å². The first kappa shape index (κ1) is 16.2. The fourth-order valence-electron chi connectivity index (χ4n) is 2.32. The Kier molecular flexibility index (Phi) is 4.35. The van der Waals surface area contributed by atoms with Crippen molar-refractivity contribution in [1.29, 1.82) is 0 Å². The fourth-order valence-corrected chi connectivity index (χ4v) is 2.54. The molecule has 0 aliphatic carbocycles. The normalized spacial score (nSPS) is 11.0. The summed E-state index contributed by atoms with van der Waals surface area (Å²) in [5.41, 5.74) is 1.96. The van der Waals surface area contributed by atoms with Crippen LogP contribution in [0.15, 0.2) is 46.1 Å². The van der Waals surface area contributed by atoms with Gasteiger partial charge in [0.15, 0.2) is 0 Å². The van der Waals surface area contributed by atoms with Gasteiger partial charge in [-0.3, -0.25) is 13.9 Å². The zero-order valence-corrected chi connectivity index (χ0v) is 14.1. The van der Waals surface area contributed by atoms with Crippen molar-refractivity contribution >= 4 is 11.6 Å². The van der Waals surface area contributed by atoms with Gasteiger partial charge in [-0.2, -0.15) is 0 Å². The zero-order chi connectivity index (χ0) is 17.3. The molecule has 0 amide bonds. The summed E-state index contributed by atoms with van der Waals surface area (Å²) < 4.78 is 3.98. The molecule has 0 N–H and O–H groups in total. The molecule has 0 aliphatic heterocycles. The van der Waals surface area contributed by atoms with Crippen LogP contribution in [0.1, 0.15) is 16.8 Å². The summed E-state index contributed by atoms with van der Waals surface area (Å²) in [4.78, 5) is 23.7. The quantitative estimate of drug-likeness (QED) is 0.666. The lowest BCUT2D eigenvalue weighted by molar-refractivity contribution is 0.634. The predicted octanol–water partition coefficient (Wildman–Crippen LogP) is 1.20. The number of aryl methyl sites for hydroxylation is 1. The second-order valence-electron chi connectivity index (χ2n) is 5.63. The van der Waals surface area contributed by atoms with Crippen LogP contribution in [-0.4, -0.2) is 24.1 Å². The Bertz CT molecular complexity index is 985. The minimum Gasteiger partial charge on any atom is -0.277 e. The lowest BCUT2D eigenvalue weighted by Gasteiger charge is -2.07. The van der Waals surface area contributed by atoms with Gasteiger partial charge in [0, 0.05) is 13.1 Å². The third-order valence-corrected chi connectivity index (χ3v) is 4.03. The van der Waals surface area contributed by atoms with Crippen LogP contribution in [0.3, 0.4) is 0 Å². The van der Waals surface area contributed by atoms with Gasteiger partial charge in [0.1, 0.15) is 10.8 Å². The van der Waals surface area contributed by atoms with Gasteiger partial charge in [-0.05, 0) is 12.5 Å². The van der Waals surface area contributed by atoms with E-state index in [1.165, 1.54) is 23.2 Å². The second kappa shape index (κ2) is 6.45. The molecule has 0 radical (unpaired) electrons. The maximum absolute atomic E-state index is 12.1. The van der Waals surface area contributed by atoms with Crippen molar-refractivity contribution in [3.63, 3.8) is 0 Å². The third-order valence-electron chi connectivity index (χ3n) is 3.72. The monoisotopic (exact) mass is 345 g/mol. The summed E-state index contributed by atoms with van der Waals surface area (Å²) in [6.07, 6.45) is 1.76. The van der Waals surface area contributed by atoms with Gasteiger partial charge in [-0.1, -0.05) is 46.6 Å². The summed E-state index contributed by atoms with van der Waals surface area (Å²) in [5, 5.41) is 8.22. The maximum atomic E-state index is 12.1. The highest BCUT2D eigenvalue weighted by Gasteiger charge is 2.10. The highest BCUT2D eigenvalue weighted by molar-refractivity contribution is 6.29. The summed E-state index contributed by atoms with van der Waals surface area (Å²) in [5.74, 6) is 0. The maximum Gasteiger partial charge on any atom is 0.332 e. The molecule has 2 heterocycles. The molecular formula is C16H16ClN5O2. The summed E-state index contributed by atoms with van der Waals surface area (Å²) in [6, 6.07) is 9.35. The Morgan fingerprint density at radius 2 is 1.83 bits per heavy atom. The smallest absolute Gasteiger partial charge is 0.277 e. The van der Waals surface area contributed by atoms with Crippen molar-refractivity contribution in [3.05, 3.63) is 79.3 Å². The van der Waals surface area contributed by atoms with E-state index < -0.39 is 11.2 Å². The molecule has 3 rings (SSSR count). The zero-order valence-electron chi connectivity index (χ0n) is 13.3. The van der Waals surface area contributed by atoms with Gasteiger partial charge < -0.3 is 0 Å². The second-order valence-corrected chi connectivity index (χ2v) is 6.01. The predicted molar refractivity (Wildman–Crippen MR) is 90.4 cm³/mol. The fraction of sp³-hybridized carbons (Fsp3) is 0.250. The molecular weight excluding hydrogens is 330 g/mol. The van der Waals surface area contributed by atoms with Crippen LogP contribution in [0.4, 0.5) is 0 Å². The Hall–Kier alpha value is -2.67. The SMILES string of the molecule is Cc1ccc(Cn2cc(Cn3c(Cl)cc(=O)n(C)c3=O)nn2)cc1. The van der Waals surface area contributed by atoms with E-state index in [9.17, 15) is 9.59 Å². The van der Waals surface area contributed by atoms with Crippen molar-refractivity contribution in [2.75, 3.05) is 0 Å². The Labute approximate surface area is 142 Å². The Balaban J connectivity index is 1.82. The summed E-state index contributed by atoms with van der Waals surface area (Å²) in [6.45, 7) is 2.77. The number of benzene rings is 1. The average Bonchev–Trinajstić information content (AvgIpc) is 2.99. The number of hydrogen-bond acceptors (Lipinski definition) is 4. The standard InChI is InChI=1S/C16H16ClN5O2/c1-11-3-5-12(6-4-11)8-21-9-13(18-19-21)10-22-14(17)7-15(23)20(2)16(22)24/h3-7,9H,8,10H2,1-2H3. The largest absolute Gasteiger partial charge is 0.332 e.